The summed E-state index contributed by atoms with van der Waals surface area (Å²) in [5.74, 6) is -1.66. The summed E-state index contributed by atoms with van der Waals surface area (Å²) in [4.78, 5) is 51.5. The normalized spacial score (nSPS) is 12.5. The van der Waals surface area contributed by atoms with Gasteiger partial charge in [0.05, 0.1) is 16.8 Å². The van der Waals surface area contributed by atoms with E-state index in [1.54, 1.807) is 36.4 Å². The largest absolute Gasteiger partial charge is 0.375 e. The summed E-state index contributed by atoms with van der Waals surface area (Å²) in [6, 6.07) is 18.2. The molecular weight excluding hydrogens is 422 g/mol. The average Bonchev–Trinajstić information content (AvgIpc) is 3.04. The van der Waals surface area contributed by atoms with Crippen molar-refractivity contribution in [3.05, 3.63) is 89.0 Å². The van der Waals surface area contributed by atoms with Crippen LogP contribution < -0.4 is 15.5 Å². The standard InChI is InChI=1S/C25H21N3O5/c1-15-6-3-4-9-21(15)28-24(31)19-11-10-16(12-20(19)25(28)32)23(30)27-18-8-5-7-17(13-18)26-22(29)14-33-2/h3-13H,14H2,1-2H3,(H,26,29)(H,27,30). The summed E-state index contributed by atoms with van der Waals surface area (Å²) in [5, 5.41) is 5.40. The second-order valence-corrected chi connectivity index (χ2v) is 7.51. The lowest BCUT2D eigenvalue weighted by Crippen LogP contribution is -2.29. The molecule has 1 aliphatic rings. The number of hydrogen-bond donors (Lipinski definition) is 2. The van der Waals surface area contributed by atoms with Crippen molar-refractivity contribution < 1.29 is 23.9 Å². The van der Waals surface area contributed by atoms with Crippen molar-refractivity contribution in [2.45, 2.75) is 6.92 Å². The Morgan fingerprint density at radius 1 is 0.848 bits per heavy atom. The van der Waals surface area contributed by atoms with Gasteiger partial charge in [-0.3, -0.25) is 19.2 Å². The number of imide groups is 1. The van der Waals surface area contributed by atoms with Crippen LogP contribution in [0.5, 0.6) is 0 Å². The summed E-state index contributed by atoms with van der Waals surface area (Å²) in [6.45, 7) is 1.74. The Morgan fingerprint density at radius 3 is 2.27 bits per heavy atom. The Morgan fingerprint density at radius 2 is 1.55 bits per heavy atom. The highest BCUT2D eigenvalue weighted by Crippen LogP contribution is 2.31. The number of rotatable bonds is 6. The van der Waals surface area contributed by atoms with E-state index in [2.05, 4.69) is 10.6 Å². The Labute approximate surface area is 190 Å². The van der Waals surface area contributed by atoms with Crippen LogP contribution in [-0.2, 0) is 9.53 Å². The van der Waals surface area contributed by atoms with E-state index in [0.29, 0.717) is 17.1 Å². The van der Waals surface area contributed by atoms with Crippen molar-refractivity contribution in [2.24, 2.45) is 0 Å². The highest BCUT2D eigenvalue weighted by Gasteiger charge is 2.37. The molecule has 8 nitrogen and oxygen atoms in total. The van der Waals surface area contributed by atoms with Gasteiger partial charge in [-0.2, -0.15) is 0 Å². The number of nitrogens with zero attached hydrogens (tertiary/aromatic N) is 1. The predicted molar refractivity (Wildman–Crippen MR) is 124 cm³/mol. The van der Waals surface area contributed by atoms with Crippen LogP contribution in [-0.4, -0.2) is 37.3 Å². The summed E-state index contributed by atoms with van der Waals surface area (Å²) in [6.07, 6.45) is 0. The van der Waals surface area contributed by atoms with Gasteiger partial charge in [0.25, 0.3) is 17.7 Å². The Balaban J connectivity index is 1.54. The number of methoxy groups -OCH3 is 1. The zero-order valence-corrected chi connectivity index (χ0v) is 18.0. The summed E-state index contributed by atoms with van der Waals surface area (Å²) >= 11 is 0. The number of benzene rings is 3. The van der Waals surface area contributed by atoms with E-state index in [1.165, 1.54) is 25.3 Å². The van der Waals surface area contributed by atoms with Crippen LogP contribution in [0, 0.1) is 6.92 Å². The number of fused-ring (bicyclic) bond motifs is 1. The molecule has 0 bridgehead atoms. The second-order valence-electron chi connectivity index (χ2n) is 7.51. The zero-order valence-electron chi connectivity index (χ0n) is 18.0. The molecule has 166 valence electrons. The SMILES string of the molecule is COCC(=O)Nc1cccc(NC(=O)c2ccc3c(c2)C(=O)N(c2ccccc2C)C3=O)c1. The molecule has 0 aromatic heterocycles. The quantitative estimate of drug-likeness (QED) is 0.566. The minimum atomic E-state index is -0.471. The first-order valence-corrected chi connectivity index (χ1v) is 10.2. The van der Waals surface area contributed by atoms with Crippen molar-refractivity contribution in [1.82, 2.24) is 0 Å². The van der Waals surface area contributed by atoms with Crippen molar-refractivity contribution in [3.63, 3.8) is 0 Å². The van der Waals surface area contributed by atoms with E-state index in [-0.39, 0.29) is 29.2 Å². The Bertz CT molecular complexity index is 1280. The van der Waals surface area contributed by atoms with Crippen LogP contribution in [0.25, 0.3) is 0 Å². The number of ether oxygens (including phenoxy) is 1. The van der Waals surface area contributed by atoms with Crippen molar-refractivity contribution in [2.75, 3.05) is 29.3 Å². The van der Waals surface area contributed by atoms with Crippen LogP contribution in [0.1, 0.15) is 36.6 Å². The third-order valence-corrected chi connectivity index (χ3v) is 5.18. The lowest BCUT2D eigenvalue weighted by atomic mass is 10.1. The van der Waals surface area contributed by atoms with E-state index in [4.69, 9.17) is 4.74 Å². The summed E-state index contributed by atoms with van der Waals surface area (Å²) < 4.78 is 4.79. The smallest absolute Gasteiger partial charge is 0.266 e. The molecule has 3 aromatic carbocycles. The van der Waals surface area contributed by atoms with Gasteiger partial charge in [-0.1, -0.05) is 24.3 Å². The van der Waals surface area contributed by atoms with E-state index in [9.17, 15) is 19.2 Å². The van der Waals surface area contributed by atoms with Gasteiger partial charge in [0.2, 0.25) is 5.91 Å². The summed E-state index contributed by atoms with van der Waals surface area (Å²) in [5.41, 5.74) is 2.93. The molecule has 0 saturated heterocycles. The predicted octanol–water partition coefficient (Wildman–Crippen LogP) is 3.63. The fourth-order valence-corrected chi connectivity index (χ4v) is 3.62. The summed E-state index contributed by atoms with van der Waals surface area (Å²) in [7, 11) is 1.42. The molecule has 8 heteroatoms. The molecule has 0 atom stereocenters. The maximum Gasteiger partial charge on any atom is 0.266 e. The first-order valence-electron chi connectivity index (χ1n) is 10.2. The first-order chi connectivity index (χ1) is 15.9. The van der Waals surface area contributed by atoms with E-state index >= 15 is 0 Å². The molecule has 0 saturated carbocycles. The highest BCUT2D eigenvalue weighted by molar-refractivity contribution is 6.35. The lowest BCUT2D eigenvalue weighted by molar-refractivity contribution is -0.119. The number of nitrogens with one attached hydrogen (secondary N) is 2. The minimum Gasteiger partial charge on any atom is -0.375 e. The van der Waals surface area contributed by atoms with Crippen LogP contribution in [0.4, 0.5) is 17.1 Å². The van der Waals surface area contributed by atoms with E-state index in [0.717, 1.165) is 10.5 Å². The molecule has 0 unspecified atom stereocenters. The van der Waals surface area contributed by atoms with Gasteiger partial charge in [-0.15, -0.1) is 0 Å². The number of carbonyl (C=O) groups is 4. The molecule has 1 aliphatic heterocycles. The van der Waals surface area contributed by atoms with Gasteiger partial charge in [0.1, 0.15) is 6.61 Å². The highest BCUT2D eigenvalue weighted by atomic mass is 16.5. The molecule has 4 amide bonds. The molecule has 0 aliphatic carbocycles. The molecule has 2 N–H and O–H groups in total. The minimum absolute atomic E-state index is 0.0853. The van der Waals surface area contributed by atoms with Gasteiger partial charge in [0.15, 0.2) is 0 Å². The van der Waals surface area contributed by atoms with Crippen LogP contribution >= 0.6 is 0 Å². The van der Waals surface area contributed by atoms with Crippen LogP contribution in [0.2, 0.25) is 0 Å². The molecule has 3 aromatic rings. The number of anilines is 3. The Kier molecular flexibility index (Phi) is 6.01. The molecule has 0 spiro atoms. The monoisotopic (exact) mass is 443 g/mol. The van der Waals surface area contributed by atoms with Crippen molar-refractivity contribution in [3.8, 4) is 0 Å². The fourth-order valence-electron chi connectivity index (χ4n) is 3.62. The third-order valence-electron chi connectivity index (χ3n) is 5.18. The first kappa shape index (κ1) is 21.9. The van der Waals surface area contributed by atoms with Gasteiger partial charge in [0, 0.05) is 24.0 Å². The van der Waals surface area contributed by atoms with Gasteiger partial charge < -0.3 is 15.4 Å². The van der Waals surface area contributed by atoms with Crippen LogP contribution in [0.15, 0.2) is 66.7 Å². The number of para-hydroxylation sites is 1. The van der Waals surface area contributed by atoms with Crippen molar-refractivity contribution >= 4 is 40.7 Å². The molecule has 4 rings (SSSR count). The van der Waals surface area contributed by atoms with E-state index in [1.807, 2.05) is 19.1 Å². The van der Waals surface area contributed by atoms with Crippen LogP contribution in [0.3, 0.4) is 0 Å². The second kappa shape index (κ2) is 9.05. The lowest BCUT2D eigenvalue weighted by Gasteiger charge is -2.16. The third kappa shape index (κ3) is 4.37. The van der Waals surface area contributed by atoms with Gasteiger partial charge in [-0.25, -0.2) is 4.90 Å². The number of aryl methyl sites for hydroxylation is 1. The molecule has 0 radical (unpaired) electrons. The molecule has 1 heterocycles. The average molecular weight is 443 g/mol. The Hall–Kier alpha value is -4.30. The maximum absolute atomic E-state index is 13.0. The van der Waals surface area contributed by atoms with Crippen molar-refractivity contribution in [1.29, 1.82) is 0 Å². The molecule has 0 fully saturated rings. The molecular formula is C25H21N3O5. The fraction of sp³-hybridized carbons (Fsp3) is 0.120. The maximum atomic E-state index is 13.0. The van der Waals surface area contributed by atoms with Gasteiger partial charge in [-0.05, 0) is 55.0 Å². The molecule has 33 heavy (non-hydrogen) atoms. The number of hydrogen-bond acceptors (Lipinski definition) is 5. The number of amides is 4. The van der Waals surface area contributed by atoms with E-state index < -0.39 is 17.7 Å². The topological polar surface area (TPSA) is 105 Å². The number of carbonyl (C=O) groups excluding carboxylic acids is 4. The zero-order chi connectivity index (χ0) is 23.5. The van der Waals surface area contributed by atoms with Gasteiger partial charge >= 0.3 is 0 Å².